The van der Waals surface area contributed by atoms with E-state index in [2.05, 4.69) is 111 Å². The minimum Gasteiger partial charge on any atom is -0.0622 e. The fourth-order valence-corrected chi connectivity index (χ4v) is 4.11. The van der Waals surface area contributed by atoms with E-state index in [1.54, 1.807) is 0 Å². The van der Waals surface area contributed by atoms with Crippen molar-refractivity contribution < 1.29 is 0 Å². The number of rotatable bonds is 5. The lowest BCUT2D eigenvalue weighted by Crippen LogP contribution is -2.02. The van der Waals surface area contributed by atoms with E-state index in [0.29, 0.717) is 11.8 Å². The van der Waals surface area contributed by atoms with Gasteiger partial charge in [0.1, 0.15) is 0 Å². The van der Waals surface area contributed by atoms with Crippen LogP contribution in [0.1, 0.15) is 43.2 Å². The monoisotopic (exact) mass is 350 g/mol. The van der Waals surface area contributed by atoms with Crippen LogP contribution in [0.2, 0.25) is 0 Å². The van der Waals surface area contributed by atoms with Crippen molar-refractivity contribution in [2.45, 2.75) is 32.1 Å². The van der Waals surface area contributed by atoms with Gasteiger partial charge in [-0.15, -0.1) is 0 Å². The number of fused-ring (bicyclic) bond motifs is 1. The largest absolute Gasteiger partial charge is 0.0622 e. The average Bonchev–Trinajstić information content (AvgIpc) is 2.74. The van der Waals surface area contributed by atoms with Crippen LogP contribution in [0.15, 0.2) is 97.1 Å². The van der Waals surface area contributed by atoms with Gasteiger partial charge in [-0.05, 0) is 51.3 Å². The molecule has 4 aromatic carbocycles. The van der Waals surface area contributed by atoms with Crippen LogP contribution in [0.3, 0.4) is 0 Å². The summed E-state index contributed by atoms with van der Waals surface area (Å²) in [6.07, 6.45) is 1.15. The van der Waals surface area contributed by atoms with Crippen LogP contribution < -0.4 is 0 Å². The molecular weight excluding hydrogens is 324 g/mol. The molecule has 0 aliphatic heterocycles. The highest BCUT2D eigenvalue weighted by Crippen LogP contribution is 2.33. The second-order valence-electron chi connectivity index (χ2n) is 7.59. The van der Waals surface area contributed by atoms with Crippen molar-refractivity contribution in [1.29, 1.82) is 0 Å². The Balaban J connectivity index is 1.52. The molecule has 2 unspecified atom stereocenters. The van der Waals surface area contributed by atoms with E-state index in [-0.39, 0.29) is 0 Å². The molecule has 0 saturated carbocycles. The summed E-state index contributed by atoms with van der Waals surface area (Å²) in [5.74, 6) is 1.06. The summed E-state index contributed by atoms with van der Waals surface area (Å²) in [5.41, 5.74) is 5.44. The van der Waals surface area contributed by atoms with Gasteiger partial charge < -0.3 is 0 Å². The maximum Gasteiger partial charge on any atom is -0.0149 e. The quantitative estimate of drug-likeness (QED) is 0.344. The molecule has 27 heavy (non-hydrogen) atoms. The zero-order valence-corrected chi connectivity index (χ0v) is 16.1. The normalized spacial score (nSPS) is 13.4. The standard InChI is InChI=1S/C27H26/c1-20(22-15-17-24(18-16-22)23-9-4-3-5-10-23)19-21(2)26-14-8-12-25-11-6-7-13-27(25)26/h3-18,20-21H,19H2,1-2H3. The molecular formula is C27H26. The molecule has 0 fully saturated rings. The van der Waals surface area contributed by atoms with Gasteiger partial charge in [0.2, 0.25) is 0 Å². The third-order valence-corrected chi connectivity index (χ3v) is 5.65. The molecule has 0 heterocycles. The summed E-state index contributed by atoms with van der Waals surface area (Å²) in [4.78, 5) is 0. The Labute approximate surface area is 162 Å². The van der Waals surface area contributed by atoms with E-state index >= 15 is 0 Å². The van der Waals surface area contributed by atoms with Gasteiger partial charge in [-0.1, -0.05) is 111 Å². The number of hydrogen-bond acceptors (Lipinski definition) is 0. The zero-order valence-electron chi connectivity index (χ0n) is 16.1. The van der Waals surface area contributed by atoms with E-state index in [0.717, 1.165) is 6.42 Å². The molecule has 0 spiro atoms. The van der Waals surface area contributed by atoms with Crippen LogP contribution in [0.25, 0.3) is 21.9 Å². The second-order valence-corrected chi connectivity index (χ2v) is 7.59. The molecule has 0 radical (unpaired) electrons. The van der Waals surface area contributed by atoms with Gasteiger partial charge in [0, 0.05) is 0 Å². The number of hydrogen-bond donors (Lipinski definition) is 0. The highest BCUT2D eigenvalue weighted by atomic mass is 14.2. The van der Waals surface area contributed by atoms with Gasteiger partial charge in [0.15, 0.2) is 0 Å². The molecule has 2 atom stereocenters. The Morgan fingerprint density at radius 2 is 1.19 bits per heavy atom. The van der Waals surface area contributed by atoms with Crippen LogP contribution in [0.4, 0.5) is 0 Å². The van der Waals surface area contributed by atoms with Crippen molar-refractivity contribution in [3.63, 3.8) is 0 Å². The van der Waals surface area contributed by atoms with Crippen LogP contribution >= 0.6 is 0 Å². The first-order chi connectivity index (χ1) is 13.2. The maximum absolute atomic E-state index is 2.36. The predicted molar refractivity (Wildman–Crippen MR) is 117 cm³/mol. The van der Waals surface area contributed by atoms with Gasteiger partial charge in [-0.3, -0.25) is 0 Å². The van der Waals surface area contributed by atoms with Crippen molar-refractivity contribution in [1.82, 2.24) is 0 Å². The van der Waals surface area contributed by atoms with E-state index in [9.17, 15) is 0 Å². The molecule has 4 rings (SSSR count). The SMILES string of the molecule is CC(CC(C)c1cccc2ccccc12)c1ccc(-c2ccccc2)cc1. The average molecular weight is 351 g/mol. The highest BCUT2D eigenvalue weighted by Gasteiger charge is 2.14. The number of benzene rings is 4. The van der Waals surface area contributed by atoms with Crippen molar-refractivity contribution in [2.24, 2.45) is 0 Å². The molecule has 4 aromatic rings. The van der Waals surface area contributed by atoms with Crippen LogP contribution in [-0.2, 0) is 0 Å². The molecule has 0 bridgehead atoms. The Hall–Kier alpha value is -2.86. The molecule has 0 aliphatic carbocycles. The van der Waals surface area contributed by atoms with Crippen molar-refractivity contribution in [3.8, 4) is 11.1 Å². The smallest absolute Gasteiger partial charge is 0.0149 e. The van der Waals surface area contributed by atoms with Crippen molar-refractivity contribution in [3.05, 3.63) is 108 Å². The first kappa shape index (κ1) is 17.5. The lowest BCUT2D eigenvalue weighted by atomic mass is 9.85. The fraction of sp³-hybridized carbons (Fsp3) is 0.185. The first-order valence-electron chi connectivity index (χ1n) is 9.85. The summed E-state index contributed by atoms with van der Waals surface area (Å²) in [5, 5.41) is 2.72. The molecule has 0 heteroatoms. The molecule has 0 amide bonds. The Morgan fingerprint density at radius 1 is 0.556 bits per heavy atom. The maximum atomic E-state index is 2.36. The lowest BCUT2D eigenvalue weighted by molar-refractivity contribution is 0.596. The second kappa shape index (κ2) is 7.80. The van der Waals surface area contributed by atoms with E-state index in [4.69, 9.17) is 0 Å². The van der Waals surface area contributed by atoms with Crippen molar-refractivity contribution in [2.75, 3.05) is 0 Å². The summed E-state index contributed by atoms with van der Waals surface area (Å²) >= 11 is 0. The molecule has 0 aliphatic rings. The Kier molecular flexibility index (Phi) is 5.07. The molecule has 0 nitrogen and oxygen atoms in total. The molecule has 0 aromatic heterocycles. The topological polar surface area (TPSA) is 0 Å². The summed E-state index contributed by atoms with van der Waals surface area (Å²) in [6, 6.07) is 35.1. The zero-order chi connectivity index (χ0) is 18.6. The predicted octanol–water partition coefficient (Wildman–Crippen LogP) is 7.80. The Morgan fingerprint density at radius 3 is 1.96 bits per heavy atom. The minimum absolute atomic E-state index is 0.528. The molecule has 134 valence electrons. The summed E-state index contributed by atoms with van der Waals surface area (Å²) in [6.45, 7) is 4.70. The van der Waals surface area contributed by atoms with Gasteiger partial charge in [0.05, 0.1) is 0 Å². The first-order valence-corrected chi connectivity index (χ1v) is 9.85. The van der Waals surface area contributed by atoms with Crippen LogP contribution in [0.5, 0.6) is 0 Å². The van der Waals surface area contributed by atoms with Crippen LogP contribution in [0, 0.1) is 0 Å². The van der Waals surface area contributed by atoms with E-state index < -0.39 is 0 Å². The Bertz CT molecular complexity index is 1010. The van der Waals surface area contributed by atoms with Gasteiger partial charge in [-0.2, -0.15) is 0 Å². The van der Waals surface area contributed by atoms with E-state index in [1.807, 2.05) is 0 Å². The van der Waals surface area contributed by atoms with E-state index in [1.165, 1.54) is 33.0 Å². The van der Waals surface area contributed by atoms with Gasteiger partial charge >= 0.3 is 0 Å². The summed E-state index contributed by atoms with van der Waals surface area (Å²) < 4.78 is 0. The van der Waals surface area contributed by atoms with Crippen LogP contribution in [-0.4, -0.2) is 0 Å². The third kappa shape index (κ3) is 3.80. The minimum atomic E-state index is 0.528. The van der Waals surface area contributed by atoms with Gasteiger partial charge in [-0.25, -0.2) is 0 Å². The molecule has 0 saturated heterocycles. The highest BCUT2D eigenvalue weighted by molar-refractivity contribution is 5.86. The summed E-state index contributed by atoms with van der Waals surface area (Å²) in [7, 11) is 0. The lowest BCUT2D eigenvalue weighted by Gasteiger charge is -2.20. The third-order valence-electron chi connectivity index (χ3n) is 5.65. The van der Waals surface area contributed by atoms with Crippen molar-refractivity contribution >= 4 is 10.8 Å². The van der Waals surface area contributed by atoms with Gasteiger partial charge in [0.25, 0.3) is 0 Å². The molecule has 0 N–H and O–H groups in total. The fourth-order valence-electron chi connectivity index (χ4n) is 4.11.